The predicted molar refractivity (Wildman–Crippen MR) is 159 cm³/mol. The van der Waals surface area contributed by atoms with Crippen molar-refractivity contribution in [2.75, 3.05) is 6.61 Å². The molecule has 0 aromatic heterocycles. The van der Waals surface area contributed by atoms with Crippen molar-refractivity contribution in [3.8, 4) is 11.5 Å². The molecule has 5 rings (SSSR count). The Morgan fingerprint density at radius 3 is 2.50 bits per heavy atom. The van der Waals surface area contributed by atoms with Gasteiger partial charge in [0, 0.05) is 0 Å². The summed E-state index contributed by atoms with van der Waals surface area (Å²) in [5, 5.41) is 10.8. The van der Waals surface area contributed by atoms with Gasteiger partial charge in [-0.1, -0.05) is 54.6 Å². The third-order valence-corrected chi connectivity index (χ3v) is 7.79. The number of ether oxygens (including phenoxy) is 2. The molecule has 7 nitrogen and oxygen atoms in total. The summed E-state index contributed by atoms with van der Waals surface area (Å²) in [4.78, 5) is 38.8. The molecule has 2 amide bonds. The van der Waals surface area contributed by atoms with Crippen LogP contribution in [-0.2, 0) is 17.9 Å². The Balaban J connectivity index is 1.36. The van der Waals surface area contributed by atoms with Gasteiger partial charge >= 0.3 is 5.97 Å². The molecule has 1 heterocycles. The van der Waals surface area contributed by atoms with Gasteiger partial charge in [-0.05, 0) is 92.4 Å². The number of amides is 2. The summed E-state index contributed by atoms with van der Waals surface area (Å²) in [7, 11) is 0. The second-order valence-corrected chi connectivity index (χ2v) is 10.8. The van der Waals surface area contributed by atoms with E-state index in [4.69, 9.17) is 14.6 Å². The lowest BCUT2D eigenvalue weighted by atomic mass is 10.0. The third-order valence-electron chi connectivity index (χ3n) is 6.30. The first kappa shape index (κ1) is 27.5. The molecule has 202 valence electrons. The minimum absolute atomic E-state index is 0.192. The molecule has 4 aromatic carbocycles. The number of hydrogen-bond donors (Lipinski definition) is 1. The van der Waals surface area contributed by atoms with E-state index in [-0.39, 0.29) is 29.9 Å². The quantitative estimate of drug-likeness (QED) is 0.194. The molecule has 0 aliphatic carbocycles. The highest BCUT2D eigenvalue weighted by Crippen LogP contribution is 2.40. The van der Waals surface area contributed by atoms with Crippen LogP contribution in [0.2, 0.25) is 0 Å². The maximum Gasteiger partial charge on any atom is 0.335 e. The molecule has 1 N–H and O–H groups in total. The second-order valence-electron chi connectivity index (χ2n) is 8.96. The summed E-state index contributed by atoms with van der Waals surface area (Å²) >= 11 is 4.46. The Hall–Kier alpha value is -4.08. The van der Waals surface area contributed by atoms with Crippen molar-refractivity contribution in [2.24, 2.45) is 0 Å². The summed E-state index contributed by atoms with van der Waals surface area (Å²) < 4.78 is 12.4. The Bertz CT molecular complexity index is 1640. The molecule has 1 aliphatic heterocycles. The zero-order chi connectivity index (χ0) is 28.2. The van der Waals surface area contributed by atoms with Gasteiger partial charge in [-0.3, -0.25) is 14.5 Å². The van der Waals surface area contributed by atoms with E-state index in [0.717, 1.165) is 33.7 Å². The average Bonchev–Trinajstić information content (AvgIpc) is 3.20. The van der Waals surface area contributed by atoms with Gasteiger partial charge in [0.1, 0.15) is 6.61 Å². The third kappa shape index (κ3) is 5.90. The largest absolute Gasteiger partial charge is 0.490 e. The van der Waals surface area contributed by atoms with Crippen LogP contribution in [0.4, 0.5) is 4.79 Å². The monoisotopic (exact) mass is 617 g/mol. The van der Waals surface area contributed by atoms with E-state index in [1.165, 1.54) is 17.0 Å². The molecule has 0 spiro atoms. The van der Waals surface area contributed by atoms with Gasteiger partial charge in [-0.25, -0.2) is 4.79 Å². The number of nitrogens with zero attached hydrogens (tertiary/aromatic N) is 1. The van der Waals surface area contributed by atoms with Gasteiger partial charge in [0.15, 0.2) is 11.5 Å². The van der Waals surface area contributed by atoms with Crippen molar-refractivity contribution < 1.29 is 29.0 Å². The first-order valence-corrected chi connectivity index (χ1v) is 14.1. The average molecular weight is 619 g/mol. The molecule has 0 bridgehead atoms. The van der Waals surface area contributed by atoms with E-state index >= 15 is 0 Å². The fraction of sp³-hybridized carbons (Fsp3) is 0.129. The number of carbonyl (C=O) groups is 3. The number of carboxylic acids is 1. The van der Waals surface area contributed by atoms with Crippen LogP contribution in [0.3, 0.4) is 0 Å². The maximum atomic E-state index is 13.3. The number of benzene rings is 4. The summed E-state index contributed by atoms with van der Waals surface area (Å²) in [6, 6.07) is 23.7. The van der Waals surface area contributed by atoms with Crippen molar-refractivity contribution >= 4 is 61.7 Å². The van der Waals surface area contributed by atoms with Crippen molar-refractivity contribution in [3.63, 3.8) is 0 Å². The second kappa shape index (κ2) is 12.0. The fourth-order valence-corrected chi connectivity index (χ4v) is 5.77. The molecule has 1 fully saturated rings. The molecule has 0 atom stereocenters. The number of hydrogen-bond acceptors (Lipinski definition) is 6. The zero-order valence-corrected chi connectivity index (χ0v) is 23.8. The van der Waals surface area contributed by atoms with E-state index in [2.05, 4.69) is 15.9 Å². The lowest BCUT2D eigenvalue weighted by Gasteiger charge is -2.15. The SMILES string of the molecule is CCOc1cc(/C=C2/SC(=O)N(Cc3cccc4ccccc34)C2=O)cc(Br)c1OCc1ccc(C(=O)O)cc1. The molecule has 1 saturated heterocycles. The van der Waals surface area contributed by atoms with Crippen molar-refractivity contribution in [2.45, 2.75) is 20.1 Å². The maximum absolute atomic E-state index is 13.3. The van der Waals surface area contributed by atoms with Crippen LogP contribution in [0.15, 0.2) is 88.2 Å². The number of carboxylic acid groups (broad SMARTS) is 1. The Kier molecular flexibility index (Phi) is 8.23. The number of carbonyl (C=O) groups excluding carboxylic acids is 2. The van der Waals surface area contributed by atoms with E-state index < -0.39 is 5.97 Å². The highest BCUT2D eigenvalue weighted by molar-refractivity contribution is 9.10. The van der Waals surface area contributed by atoms with Gasteiger partial charge in [0.05, 0.1) is 28.1 Å². The first-order valence-electron chi connectivity index (χ1n) is 12.5. The number of imide groups is 1. The number of rotatable bonds is 9. The van der Waals surface area contributed by atoms with Gasteiger partial charge in [0.2, 0.25) is 0 Å². The zero-order valence-electron chi connectivity index (χ0n) is 21.4. The van der Waals surface area contributed by atoms with Crippen molar-refractivity contribution in [1.82, 2.24) is 4.90 Å². The molecule has 1 aliphatic rings. The minimum Gasteiger partial charge on any atom is -0.490 e. The van der Waals surface area contributed by atoms with Crippen molar-refractivity contribution in [1.29, 1.82) is 0 Å². The molecule has 4 aromatic rings. The lowest BCUT2D eigenvalue weighted by Crippen LogP contribution is -2.27. The van der Waals surface area contributed by atoms with Crippen LogP contribution in [0.25, 0.3) is 16.8 Å². The Labute approximate surface area is 243 Å². The number of thioether (sulfide) groups is 1. The molecule has 0 unspecified atom stereocenters. The lowest BCUT2D eigenvalue weighted by molar-refractivity contribution is -0.123. The molecule has 0 saturated carbocycles. The van der Waals surface area contributed by atoms with Crippen LogP contribution in [-0.4, -0.2) is 33.7 Å². The number of aromatic carboxylic acids is 1. The molecule has 40 heavy (non-hydrogen) atoms. The Morgan fingerprint density at radius 1 is 1.00 bits per heavy atom. The first-order chi connectivity index (χ1) is 19.3. The standard InChI is InChI=1S/C31H24BrNO6S/c1-2-38-26-15-20(14-25(32)28(26)39-18-19-10-12-22(13-11-19)30(35)36)16-27-29(34)33(31(37)40-27)17-23-8-5-7-21-6-3-4-9-24(21)23/h3-16H,2,17-18H2,1H3,(H,35,36)/b27-16+. The normalized spacial score (nSPS) is 14.2. The van der Waals surface area contributed by atoms with Gasteiger partial charge in [0.25, 0.3) is 11.1 Å². The highest BCUT2D eigenvalue weighted by Gasteiger charge is 2.35. The molecular weight excluding hydrogens is 594 g/mol. The molecule has 0 radical (unpaired) electrons. The fourth-order valence-electron chi connectivity index (χ4n) is 4.36. The number of fused-ring (bicyclic) bond motifs is 1. The van der Waals surface area contributed by atoms with Gasteiger partial charge in [-0.2, -0.15) is 0 Å². The summed E-state index contributed by atoms with van der Waals surface area (Å²) in [6.07, 6.45) is 1.68. The molecule has 9 heteroatoms. The molecular formula is C31H24BrNO6S. The Morgan fingerprint density at radius 2 is 1.75 bits per heavy atom. The van der Waals surface area contributed by atoms with Crippen LogP contribution < -0.4 is 9.47 Å². The summed E-state index contributed by atoms with van der Waals surface area (Å²) in [5.74, 6) is -0.386. The topological polar surface area (TPSA) is 93.1 Å². The van der Waals surface area contributed by atoms with Gasteiger partial charge in [-0.15, -0.1) is 0 Å². The smallest absolute Gasteiger partial charge is 0.335 e. The highest BCUT2D eigenvalue weighted by atomic mass is 79.9. The van der Waals surface area contributed by atoms with Crippen LogP contribution in [0.5, 0.6) is 11.5 Å². The summed E-state index contributed by atoms with van der Waals surface area (Å²) in [5.41, 5.74) is 2.57. The van der Waals surface area contributed by atoms with E-state index in [1.54, 1.807) is 30.3 Å². The number of halogens is 1. The van der Waals surface area contributed by atoms with Crippen LogP contribution in [0, 0.1) is 0 Å². The predicted octanol–water partition coefficient (Wildman–Crippen LogP) is 7.51. The van der Waals surface area contributed by atoms with Crippen LogP contribution in [0.1, 0.15) is 34.0 Å². The van der Waals surface area contributed by atoms with Crippen molar-refractivity contribution in [3.05, 3.63) is 110 Å². The van der Waals surface area contributed by atoms with E-state index in [1.807, 2.05) is 49.4 Å². The van der Waals surface area contributed by atoms with E-state index in [9.17, 15) is 14.4 Å². The van der Waals surface area contributed by atoms with Crippen LogP contribution >= 0.6 is 27.7 Å². The summed E-state index contributed by atoms with van der Waals surface area (Å²) in [6.45, 7) is 2.64. The van der Waals surface area contributed by atoms with Gasteiger partial charge < -0.3 is 14.6 Å². The minimum atomic E-state index is -0.990. The van der Waals surface area contributed by atoms with E-state index in [0.29, 0.717) is 33.0 Å².